The molecule has 5 heteroatoms. The Balaban J connectivity index is 3.00. The maximum Gasteiger partial charge on any atom is 0.324 e. The predicted octanol–water partition coefficient (Wildman–Crippen LogP) is -0.923. The molecule has 1 aromatic rings. The molecule has 1 aromatic heterocycles. The summed E-state index contributed by atoms with van der Waals surface area (Å²) in [5.74, 6) is 0. The molecule has 0 radical (unpaired) electrons. The van der Waals surface area contributed by atoms with E-state index in [0.717, 1.165) is 27.4 Å². The summed E-state index contributed by atoms with van der Waals surface area (Å²) >= 11 is 0.910. The Hall–Kier alpha value is -0.398. The lowest BCUT2D eigenvalue weighted by Gasteiger charge is -2.23. The van der Waals surface area contributed by atoms with Gasteiger partial charge in [0.1, 0.15) is 0 Å². The summed E-state index contributed by atoms with van der Waals surface area (Å²) in [6, 6.07) is 0. The summed E-state index contributed by atoms with van der Waals surface area (Å²) in [7, 11) is 0. The van der Waals surface area contributed by atoms with E-state index in [1.54, 1.807) is 0 Å². The zero-order valence-electron chi connectivity index (χ0n) is 7.50. The molecule has 0 saturated carbocycles. The van der Waals surface area contributed by atoms with Crippen molar-refractivity contribution in [1.82, 2.24) is 20.2 Å². The van der Waals surface area contributed by atoms with Gasteiger partial charge in [0.15, 0.2) is 0 Å². The van der Waals surface area contributed by atoms with Gasteiger partial charge in [-0.15, -0.1) is 5.10 Å². The molecule has 1 heterocycles. The van der Waals surface area contributed by atoms with Crippen LogP contribution < -0.4 is 4.69 Å². The Morgan fingerprint density at radius 3 is 2.55 bits per heavy atom. The van der Waals surface area contributed by atoms with Crippen molar-refractivity contribution >= 4 is 21.0 Å². The lowest BCUT2D eigenvalue weighted by molar-refractivity contribution is 0.308. The highest BCUT2D eigenvalue weighted by Crippen LogP contribution is 2.14. The van der Waals surface area contributed by atoms with Crippen LogP contribution in [-0.2, 0) is 5.54 Å². The van der Waals surface area contributed by atoms with Crippen LogP contribution in [0.4, 0.5) is 0 Å². The van der Waals surface area contributed by atoms with Gasteiger partial charge in [-0.2, -0.15) is 0 Å². The standard InChI is InChI=1S/C6H11N4.Al.2H/c1-4-6(2,3)10-5-7-8-9-10;;;/h4H2,1-3H3;;;. The minimum Gasteiger partial charge on any atom is -0.243 e. The molecule has 0 aliphatic heterocycles. The molecule has 0 N–H and O–H groups in total. The first-order valence-electron chi connectivity index (χ1n) is 3.83. The van der Waals surface area contributed by atoms with E-state index in [4.69, 9.17) is 0 Å². The Bertz CT molecular complexity index is 242. The molecule has 0 spiro atoms. The number of hydrogen-bond acceptors (Lipinski definition) is 3. The highest BCUT2D eigenvalue weighted by molar-refractivity contribution is 6.29. The SMILES string of the molecule is CCC(C)(C)n1nnn[c]1[AlH2]. The first kappa shape index (κ1) is 8.70. The van der Waals surface area contributed by atoms with Crippen molar-refractivity contribution in [1.29, 1.82) is 0 Å². The highest BCUT2D eigenvalue weighted by Gasteiger charge is 2.20. The van der Waals surface area contributed by atoms with Crippen molar-refractivity contribution in [3.8, 4) is 0 Å². The van der Waals surface area contributed by atoms with Gasteiger partial charge < -0.3 is 0 Å². The largest absolute Gasteiger partial charge is 0.324 e. The summed E-state index contributed by atoms with van der Waals surface area (Å²) < 4.78 is 2.93. The Labute approximate surface area is 74.4 Å². The van der Waals surface area contributed by atoms with Gasteiger partial charge in [-0.3, -0.25) is 0 Å². The van der Waals surface area contributed by atoms with E-state index < -0.39 is 0 Å². The summed E-state index contributed by atoms with van der Waals surface area (Å²) in [6.07, 6.45) is 1.05. The number of nitrogens with zero attached hydrogens (tertiary/aromatic N) is 4. The van der Waals surface area contributed by atoms with Crippen molar-refractivity contribution in [2.45, 2.75) is 32.7 Å². The van der Waals surface area contributed by atoms with Crippen molar-refractivity contribution in [3.63, 3.8) is 0 Å². The topological polar surface area (TPSA) is 43.6 Å². The van der Waals surface area contributed by atoms with E-state index in [2.05, 4.69) is 36.3 Å². The van der Waals surface area contributed by atoms with Gasteiger partial charge in [0.2, 0.25) is 0 Å². The molecule has 0 aliphatic rings. The summed E-state index contributed by atoms with van der Waals surface area (Å²) in [4.78, 5) is 0. The fourth-order valence-corrected chi connectivity index (χ4v) is 1.72. The number of tetrazole rings is 1. The molecule has 0 fully saturated rings. The summed E-state index contributed by atoms with van der Waals surface area (Å²) in [5.41, 5.74) is 0.0700. The maximum absolute atomic E-state index is 3.95. The summed E-state index contributed by atoms with van der Waals surface area (Å²) in [5, 5.41) is 11.5. The van der Waals surface area contributed by atoms with Crippen LogP contribution in [0.25, 0.3) is 0 Å². The third-order valence-electron chi connectivity index (χ3n) is 2.06. The second kappa shape index (κ2) is 2.92. The minimum absolute atomic E-state index is 0.0700. The smallest absolute Gasteiger partial charge is 0.243 e. The molecular weight excluding hydrogens is 155 g/mol. The third-order valence-corrected chi connectivity index (χ3v) is 2.69. The Morgan fingerprint density at radius 2 is 2.18 bits per heavy atom. The molecule has 4 nitrogen and oxygen atoms in total. The number of aromatic nitrogens is 4. The van der Waals surface area contributed by atoms with Crippen molar-refractivity contribution in [3.05, 3.63) is 0 Å². The molecular formula is C6H13AlN4. The molecule has 0 aliphatic carbocycles. The molecule has 0 unspecified atom stereocenters. The monoisotopic (exact) mass is 168 g/mol. The Morgan fingerprint density at radius 1 is 1.55 bits per heavy atom. The van der Waals surface area contributed by atoms with Crippen LogP contribution in [0.3, 0.4) is 0 Å². The minimum atomic E-state index is 0.0700. The lowest BCUT2D eigenvalue weighted by Crippen LogP contribution is -2.35. The first-order chi connectivity index (χ1) is 5.08. The first-order valence-corrected chi connectivity index (χ1v) is 4.83. The zero-order chi connectivity index (χ0) is 8.48. The maximum atomic E-state index is 3.95. The van der Waals surface area contributed by atoms with Crippen molar-refractivity contribution < 1.29 is 0 Å². The molecule has 60 valence electrons. The van der Waals surface area contributed by atoms with Gasteiger partial charge in [0.25, 0.3) is 0 Å². The van der Waals surface area contributed by atoms with Crippen LogP contribution in [0.2, 0.25) is 0 Å². The van der Waals surface area contributed by atoms with Gasteiger partial charge in [0, 0.05) is 0 Å². The van der Waals surface area contributed by atoms with Crippen LogP contribution in [0, 0.1) is 0 Å². The second-order valence-electron chi connectivity index (χ2n) is 3.30. The molecule has 0 bridgehead atoms. The fourth-order valence-electron chi connectivity index (χ4n) is 0.941. The molecule has 11 heavy (non-hydrogen) atoms. The highest BCUT2D eigenvalue weighted by atomic mass is 27.0. The van der Waals surface area contributed by atoms with Gasteiger partial charge in [-0.25, -0.2) is 4.68 Å². The van der Waals surface area contributed by atoms with Crippen LogP contribution in [0.1, 0.15) is 27.2 Å². The van der Waals surface area contributed by atoms with Gasteiger partial charge >= 0.3 is 16.3 Å². The quantitative estimate of drug-likeness (QED) is 0.536. The molecule has 0 atom stereocenters. The van der Waals surface area contributed by atoms with E-state index in [-0.39, 0.29) is 5.54 Å². The van der Waals surface area contributed by atoms with Crippen molar-refractivity contribution in [2.75, 3.05) is 0 Å². The van der Waals surface area contributed by atoms with Crippen LogP contribution in [0.5, 0.6) is 0 Å². The molecule has 0 saturated heterocycles. The molecule has 1 rings (SSSR count). The molecule has 0 amide bonds. The Kier molecular flexibility index (Phi) is 2.31. The number of hydrogen-bond donors (Lipinski definition) is 0. The average Bonchev–Trinajstić information content (AvgIpc) is 2.36. The van der Waals surface area contributed by atoms with Gasteiger partial charge in [0.05, 0.1) is 10.2 Å². The van der Waals surface area contributed by atoms with E-state index in [1.807, 2.05) is 4.68 Å². The van der Waals surface area contributed by atoms with E-state index in [9.17, 15) is 0 Å². The average molecular weight is 168 g/mol. The normalized spacial score (nSPS) is 11.9. The fraction of sp³-hybridized carbons (Fsp3) is 0.833. The van der Waals surface area contributed by atoms with E-state index in [1.165, 1.54) is 0 Å². The number of rotatable bonds is 2. The van der Waals surface area contributed by atoms with Crippen molar-refractivity contribution in [2.24, 2.45) is 0 Å². The predicted molar refractivity (Wildman–Crippen MR) is 45.6 cm³/mol. The van der Waals surface area contributed by atoms with Crippen LogP contribution in [0.15, 0.2) is 0 Å². The van der Waals surface area contributed by atoms with Gasteiger partial charge in [-0.1, -0.05) is 6.92 Å². The summed E-state index contributed by atoms with van der Waals surface area (Å²) in [6.45, 7) is 6.43. The van der Waals surface area contributed by atoms with E-state index >= 15 is 0 Å². The van der Waals surface area contributed by atoms with Crippen LogP contribution >= 0.6 is 0 Å². The van der Waals surface area contributed by atoms with Crippen LogP contribution in [-0.4, -0.2) is 36.5 Å². The molecule has 0 aromatic carbocycles. The lowest BCUT2D eigenvalue weighted by atomic mass is 10.0. The third kappa shape index (κ3) is 1.60. The second-order valence-corrected chi connectivity index (χ2v) is 4.20. The zero-order valence-corrected chi connectivity index (χ0v) is 9.50. The van der Waals surface area contributed by atoms with E-state index in [0.29, 0.717) is 0 Å². The van der Waals surface area contributed by atoms with Gasteiger partial charge in [-0.05, 0) is 30.7 Å².